The topological polar surface area (TPSA) is 79.5 Å². The van der Waals surface area contributed by atoms with Gasteiger partial charge in [0.15, 0.2) is 0 Å². The lowest BCUT2D eigenvalue weighted by Crippen LogP contribution is -2.49. The maximum Gasteiger partial charge on any atom is 0.254 e. The van der Waals surface area contributed by atoms with Crippen LogP contribution in [0.4, 0.5) is 5.82 Å². The highest BCUT2D eigenvalue weighted by Crippen LogP contribution is 2.40. The molecular weight excluding hydrogens is 390 g/mol. The molecule has 4 aromatic rings. The van der Waals surface area contributed by atoms with E-state index >= 15 is 0 Å². The van der Waals surface area contributed by atoms with Crippen LogP contribution in [0, 0.1) is 6.92 Å². The Morgan fingerprint density at radius 3 is 2.65 bits per heavy atom. The number of nitrogens with zero attached hydrogens (tertiary/aromatic N) is 7. The number of amides is 1. The fourth-order valence-electron chi connectivity index (χ4n) is 4.41. The lowest BCUT2D eigenvalue weighted by atomic mass is 10.0. The Labute approximate surface area is 179 Å². The number of piperazine rings is 1. The molecule has 8 heteroatoms. The molecule has 1 saturated carbocycles. The van der Waals surface area contributed by atoms with Crippen LogP contribution in [0.25, 0.3) is 16.7 Å². The molecule has 1 aliphatic heterocycles. The Morgan fingerprint density at radius 2 is 1.84 bits per heavy atom. The standard InChI is InChI=1S/C23H23N7O/c1-15-12-21(30-23(26-15)24-14-25-30)28-8-10-29(11-9-28)22(31)18-13-20(16-6-7-16)27-19-5-3-2-4-17(18)19/h2-5,12-14,16H,6-11H2,1H3. The monoisotopic (exact) mass is 413 g/mol. The summed E-state index contributed by atoms with van der Waals surface area (Å²) >= 11 is 0. The number of para-hydroxylation sites is 1. The molecule has 31 heavy (non-hydrogen) atoms. The first-order valence-electron chi connectivity index (χ1n) is 10.8. The van der Waals surface area contributed by atoms with Crippen LogP contribution in [-0.2, 0) is 0 Å². The third-order valence-corrected chi connectivity index (χ3v) is 6.21. The molecule has 8 nitrogen and oxygen atoms in total. The summed E-state index contributed by atoms with van der Waals surface area (Å²) in [5.74, 6) is 2.17. The Morgan fingerprint density at radius 1 is 1.03 bits per heavy atom. The van der Waals surface area contributed by atoms with E-state index in [2.05, 4.69) is 20.0 Å². The molecule has 0 spiro atoms. The number of benzene rings is 1. The molecule has 156 valence electrons. The third kappa shape index (κ3) is 3.19. The number of aryl methyl sites for hydroxylation is 1. The van der Waals surface area contributed by atoms with E-state index in [1.165, 1.54) is 19.2 Å². The normalized spacial score (nSPS) is 16.9. The zero-order valence-electron chi connectivity index (χ0n) is 17.4. The maximum atomic E-state index is 13.5. The molecule has 1 aromatic carbocycles. The maximum absolute atomic E-state index is 13.5. The number of hydrogen-bond acceptors (Lipinski definition) is 6. The summed E-state index contributed by atoms with van der Waals surface area (Å²) in [6.45, 7) is 4.76. The molecule has 1 aliphatic carbocycles. The van der Waals surface area contributed by atoms with Crippen LogP contribution in [-0.4, -0.2) is 61.6 Å². The molecule has 1 saturated heterocycles. The van der Waals surface area contributed by atoms with Gasteiger partial charge in [0.05, 0.1) is 11.1 Å². The Bertz CT molecular complexity index is 1300. The van der Waals surface area contributed by atoms with Gasteiger partial charge in [0, 0.05) is 54.9 Å². The summed E-state index contributed by atoms with van der Waals surface area (Å²) in [6, 6.07) is 12.0. The average Bonchev–Trinajstić information content (AvgIpc) is 3.55. The molecular formula is C23H23N7O. The summed E-state index contributed by atoms with van der Waals surface area (Å²) in [5, 5.41) is 5.26. The van der Waals surface area contributed by atoms with E-state index < -0.39 is 0 Å². The molecule has 2 aliphatic rings. The number of pyridine rings is 1. The minimum Gasteiger partial charge on any atom is -0.353 e. The Hall–Kier alpha value is -3.55. The van der Waals surface area contributed by atoms with Crippen molar-refractivity contribution in [2.75, 3.05) is 31.1 Å². The smallest absolute Gasteiger partial charge is 0.254 e. The summed E-state index contributed by atoms with van der Waals surface area (Å²) in [5.41, 5.74) is 3.65. The summed E-state index contributed by atoms with van der Waals surface area (Å²) in [7, 11) is 0. The first-order chi connectivity index (χ1) is 15.2. The van der Waals surface area contributed by atoms with Crippen LogP contribution in [0.5, 0.6) is 0 Å². The van der Waals surface area contributed by atoms with Crippen LogP contribution in [0.15, 0.2) is 42.7 Å². The first kappa shape index (κ1) is 18.2. The number of anilines is 1. The predicted molar refractivity (Wildman–Crippen MR) is 117 cm³/mol. The molecule has 0 radical (unpaired) electrons. The van der Waals surface area contributed by atoms with E-state index in [0.717, 1.165) is 46.8 Å². The van der Waals surface area contributed by atoms with Crippen molar-refractivity contribution in [1.82, 2.24) is 29.5 Å². The van der Waals surface area contributed by atoms with E-state index in [0.29, 0.717) is 24.8 Å². The van der Waals surface area contributed by atoms with Crippen molar-refractivity contribution in [3.8, 4) is 0 Å². The lowest BCUT2D eigenvalue weighted by Gasteiger charge is -2.36. The highest BCUT2D eigenvalue weighted by molar-refractivity contribution is 6.06. The SMILES string of the molecule is Cc1cc(N2CCN(C(=O)c3cc(C4CC4)nc4ccccc34)CC2)n2ncnc2n1. The number of aromatic nitrogens is 5. The Kier molecular flexibility index (Phi) is 4.12. The van der Waals surface area contributed by atoms with Crippen LogP contribution < -0.4 is 4.90 Å². The minimum atomic E-state index is 0.0944. The van der Waals surface area contributed by atoms with Crippen molar-refractivity contribution in [3.05, 3.63) is 59.7 Å². The molecule has 0 unspecified atom stereocenters. The largest absolute Gasteiger partial charge is 0.353 e. The van der Waals surface area contributed by atoms with Gasteiger partial charge in [-0.1, -0.05) is 18.2 Å². The van der Waals surface area contributed by atoms with Crippen LogP contribution in [0.3, 0.4) is 0 Å². The van der Waals surface area contributed by atoms with Crippen LogP contribution >= 0.6 is 0 Å². The summed E-state index contributed by atoms with van der Waals surface area (Å²) in [4.78, 5) is 31.2. The molecule has 4 heterocycles. The number of rotatable bonds is 3. The zero-order valence-corrected chi connectivity index (χ0v) is 17.4. The molecule has 0 atom stereocenters. The van der Waals surface area contributed by atoms with Gasteiger partial charge in [0.25, 0.3) is 11.7 Å². The van der Waals surface area contributed by atoms with E-state index in [4.69, 9.17) is 4.98 Å². The van der Waals surface area contributed by atoms with Crippen molar-refractivity contribution in [2.24, 2.45) is 0 Å². The average molecular weight is 413 g/mol. The van der Waals surface area contributed by atoms with E-state index in [1.807, 2.05) is 48.2 Å². The van der Waals surface area contributed by atoms with Gasteiger partial charge in [-0.05, 0) is 31.9 Å². The van der Waals surface area contributed by atoms with Gasteiger partial charge in [-0.2, -0.15) is 14.6 Å². The van der Waals surface area contributed by atoms with Crippen molar-refractivity contribution in [2.45, 2.75) is 25.7 Å². The quantitative estimate of drug-likeness (QED) is 0.514. The molecule has 6 rings (SSSR count). The fraction of sp³-hybridized carbons (Fsp3) is 0.348. The van der Waals surface area contributed by atoms with Gasteiger partial charge < -0.3 is 9.80 Å². The lowest BCUT2D eigenvalue weighted by molar-refractivity contribution is 0.0748. The number of carbonyl (C=O) groups excluding carboxylic acids is 1. The summed E-state index contributed by atoms with van der Waals surface area (Å²) < 4.78 is 1.77. The molecule has 0 N–H and O–H groups in total. The zero-order chi connectivity index (χ0) is 20.9. The number of fused-ring (bicyclic) bond motifs is 2. The second-order valence-electron chi connectivity index (χ2n) is 8.39. The van der Waals surface area contributed by atoms with Crippen molar-refractivity contribution < 1.29 is 4.79 Å². The van der Waals surface area contributed by atoms with Crippen molar-refractivity contribution in [3.63, 3.8) is 0 Å². The highest BCUT2D eigenvalue weighted by Gasteiger charge is 2.29. The predicted octanol–water partition coefficient (Wildman–Crippen LogP) is 2.82. The van der Waals surface area contributed by atoms with Gasteiger partial charge in [-0.25, -0.2) is 4.98 Å². The highest BCUT2D eigenvalue weighted by atomic mass is 16.2. The van der Waals surface area contributed by atoms with Crippen molar-refractivity contribution >= 4 is 28.4 Å². The second-order valence-corrected chi connectivity index (χ2v) is 8.39. The van der Waals surface area contributed by atoms with Crippen LogP contribution in [0.2, 0.25) is 0 Å². The molecule has 2 fully saturated rings. The van der Waals surface area contributed by atoms with Crippen LogP contribution in [0.1, 0.15) is 40.5 Å². The van der Waals surface area contributed by atoms with E-state index in [1.54, 1.807) is 4.52 Å². The molecule has 1 amide bonds. The summed E-state index contributed by atoms with van der Waals surface area (Å²) in [6.07, 6.45) is 3.86. The van der Waals surface area contributed by atoms with Gasteiger partial charge >= 0.3 is 0 Å². The molecule has 0 bridgehead atoms. The fourth-order valence-corrected chi connectivity index (χ4v) is 4.41. The van der Waals surface area contributed by atoms with Crippen molar-refractivity contribution in [1.29, 1.82) is 0 Å². The number of hydrogen-bond donors (Lipinski definition) is 0. The van der Waals surface area contributed by atoms with E-state index in [9.17, 15) is 4.79 Å². The second kappa shape index (κ2) is 7.01. The Balaban J connectivity index is 1.27. The van der Waals surface area contributed by atoms with Gasteiger partial charge in [0.1, 0.15) is 12.1 Å². The first-order valence-corrected chi connectivity index (χ1v) is 10.8. The van der Waals surface area contributed by atoms with Gasteiger partial charge in [-0.3, -0.25) is 9.78 Å². The van der Waals surface area contributed by atoms with Gasteiger partial charge in [0.2, 0.25) is 0 Å². The van der Waals surface area contributed by atoms with E-state index in [-0.39, 0.29) is 5.91 Å². The molecule has 3 aromatic heterocycles. The van der Waals surface area contributed by atoms with Gasteiger partial charge in [-0.15, -0.1) is 0 Å². The minimum absolute atomic E-state index is 0.0944. The number of carbonyl (C=O) groups is 1. The third-order valence-electron chi connectivity index (χ3n) is 6.21.